The van der Waals surface area contributed by atoms with Crippen molar-refractivity contribution in [2.45, 2.75) is 13.5 Å². The minimum absolute atomic E-state index is 0.0526. The normalized spacial score (nSPS) is 9.54. The fourth-order valence-corrected chi connectivity index (χ4v) is 1.83. The van der Waals surface area contributed by atoms with Crippen molar-refractivity contribution in [3.8, 4) is 11.8 Å². The van der Waals surface area contributed by atoms with Crippen LogP contribution in [0, 0.1) is 28.9 Å². The second-order valence-corrected chi connectivity index (χ2v) is 4.83. The number of benzene rings is 1. The van der Waals surface area contributed by atoms with Gasteiger partial charge in [0, 0.05) is 5.56 Å². The smallest absolute Gasteiger partial charge is 0.408 e. The van der Waals surface area contributed by atoms with Crippen LogP contribution in [-0.4, -0.2) is 22.5 Å². The van der Waals surface area contributed by atoms with E-state index in [4.69, 9.17) is 4.74 Å². The summed E-state index contributed by atoms with van der Waals surface area (Å²) in [5.41, 5.74) is 1.72. The Labute approximate surface area is 138 Å². The number of nitrogens with one attached hydrogen (secondary N) is 1. The van der Waals surface area contributed by atoms with Gasteiger partial charge in [-0.15, -0.1) is 0 Å². The van der Waals surface area contributed by atoms with Crippen LogP contribution in [0.2, 0.25) is 0 Å². The van der Waals surface area contributed by atoms with Gasteiger partial charge in [-0.1, -0.05) is 36.3 Å². The van der Waals surface area contributed by atoms with E-state index in [0.29, 0.717) is 11.3 Å². The molecule has 0 fully saturated rings. The molecule has 0 bridgehead atoms. The minimum atomic E-state index is -0.569. The molecule has 0 aliphatic rings. The molecular weight excluding hydrogens is 310 g/mol. The number of amides is 1. The molecule has 0 atom stereocenters. The summed E-state index contributed by atoms with van der Waals surface area (Å²) in [6.07, 6.45) is 0.599. The molecule has 0 saturated heterocycles. The SMILES string of the molecule is Cc1cc(C#CCNC(=O)OCc2ccccc2)ncc1[N+](=O)[O-]. The number of nitro groups is 1. The Kier molecular flexibility index (Phi) is 5.86. The molecule has 2 rings (SSSR count). The van der Waals surface area contributed by atoms with Gasteiger partial charge in [-0.05, 0) is 24.5 Å². The highest BCUT2D eigenvalue weighted by Gasteiger charge is 2.10. The second kappa shape index (κ2) is 8.29. The van der Waals surface area contributed by atoms with E-state index in [9.17, 15) is 14.9 Å². The summed E-state index contributed by atoms with van der Waals surface area (Å²) in [4.78, 5) is 25.6. The molecule has 1 amide bonds. The number of aryl methyl sites for hydroxylation is 1. The van der Waals surface area contributed by atoms with Gasteiger partial charge in [-0.25, -0.2) is 9.78 Å². The predicted molar refractivity (Wildman–Crippen MR) is 87.1 cm³/mol. The van der Waals surface area contributed by atoms with E-state index in [2.05, 4.69) is 22.1 Å². The molecule has 1 N–H and O–H groups in total. The number of nitrogens with zero attached hydrogens (tertiary/aromatic N) is 2. The van der Waals surface area contributed by atoms with Crippen molar-refractivity contribution in [1.82, 2.24) is 10.3 Å². The molecule has 1 heterocycles. The third kappa shape index (κ3) is 5.10. The fourth-order valence-electron chi connectivity index (χ4n) is 1.83. The lowest BCUT2D eigenvalue weighted by atomic mass is 10.2. The summed E-state index contributed by atoms with van der Waals surface area (Å²) in [5, 5.41) is 13.2. The van der Waals surface area contributed by atoms with Crippen molar-refractivity contribution in [3.05, 3.63) is 69.5 Å². The van der Waals surface area contributed by atoms with Gasteiger partial charge in [0.15, 0.2) is 0 Å². The maximum atomic E-state index is 11.5. The zero-order valence-electron chi connectivity index (χ0n) is 13.0. The molecule has 0 aliphatic carbocycles. The van der Waals surface area contributed by atoms with Crippen LogP contribution in [0.4, 0.5) is 10.5 Å². The third-order valence-corrected chi connectivity index (χ3v) is 3.03. The summed E-state index contributed by atoms with van der Waals surface area (Å²) in [5.74, 6) is 5.44. The maximum Gasteiger partial charge on any atom is 0.408 e. The van der Waals surface area contributed by atoms with Crippen LogP contribution in [0.5, 0.6) is 0 Å². The van der Waals surface area contributed by atoms with Crippen LogP contribution in [0.3, 0.4) is 0 Å². The van der Waals surface area contributed by atoms with E-state index in [0.717, 1.165) is 5.56 Å². The van der Waals surface area contributed by atoms with Crippen molar-refractivity contribution in [2.75, 3.05) is 6.54 Å². The lowest BCUT2D eigenvalue weighted by Crippen LogP contribution is -2.24. The Hall–Kier alpha value is -3.40. The van der Waals surface area contributed by atoms with E-state index < -0.39 is 11.0 Å². The Bertz CT molecular complexity index is 794. The number of carbonyl (C=O) groups excluding carboxylic acids is 1. The number of ether oxygens (including phenoxy) is 1. The van der Waals surface area contributed by atoms with Crippen LogP contribution in [-0.2, 0) is 11.3 Å². The molecule has 0 radical (unpaired) electrons. The summed E-state index contributed by atoms with van der Waals surface area (Å²) < 4.78 is 5.03. The zero-order chi connectivity index (χ0) is 17.4. The predicted octanol–water partition coefficient (Wildman–Crippen LogP) is 2.58. The van der Waals surface area contributed by atoms with Crippen molar-refractivity contribution >= 4 is 11.8 Å². The number of alkyl carbamates (subject to hydrolysis) is 1. The van der Waals surface area contributed by atoms with E-state index in [-0.39, 0.29) is 18.8 Å². The van der Waals surface area contributed by atoms with Crippen molar-refractivity contribution in [3.63, 3.8) is 0 Å². The first kappa shape index (κ1) is 17.0. The Balaban J connectivity index is 1.80. The van der Waals surface area contributed by atoms with Crippen LogP contribution >= 0.6 is 0 Å². The minimum Gasteiger partial charge on any atom is -0.445 e. The van der Waals surface area contributed by atoms with Gasteiger partial charge >= 0.3 is 6.09 Å². The topological polar surface area (TPSA) is 94.4 Å². The highest BCUT2D eigenvalue weighted by Crippen LogP contribution is 2.15. The largest absolute Gasteiger partial charge is 0.445 e. The highest BCUT2D eigenvalue weighted by molar-refractivity contribution is 5.67. The van der Waals surface area contributed by atoms with E-state index >= 15 is 0 Å². The number of rotatable bonds is 4. The monoisotopic (exact) mass is 325 g/mol. The van der Waals surface area contributed by atoms with Crippen LogP contribution in [0.15, 0.2) is 42.6 Å². The van der Waals surface area contributed by atoms with E-state index in [1.165, 1.54) is 12.3 Å². The summed E-state index contributed by atoms with van der Waals surface area (Å²) in [7, 11) is 0. The Morgan fingerprint density at radius 3 is 2.79 bits per heavy atom. The first-order chi connectivity index (χ1) is 11.6. The molecule has 1 aromatic carbocycles. The van der Waals surface area contributed by atoms with Gasteiger partial charge in [-0.3, -0.25) is 10.1 Å². The fraction of sp³-hybridized carbons (Fsp3) is 0.176. The first-order valence-electron chi connectivity index (χ1n) is 7.10. The molecule has 0 unspecified atom stereocenters. The van der Waals surface area contributed by atoms with Crippen molar-refractivity contribution < 1.29 is 14.5 Å². The Morgan fingerprint density at radius 1 is 1.38 bits per heavy atom. The first-order valence-corrected chi connectivity index (χ1v) is 7.10. The molecule has 24 heavy (non-hydrogen) atoms. The molecule has 0 saturated carbocycles. The van der Waals surface area contributed by atoms with Gasteiger partial charge < -0.3 is 10.1 Å². The quantitative estimate of drug-likeness (QED) is 0.529. The number of hydrogen-bond acceptors (Lipinski definition) is 5. The van der Waals surface area contributed by atoms with Crippen LogP contribution in [0.25, 0.3) is 0 Å². The third-order valence-electron chi connectivity index (χ3n) is 3.03. The molecule has 7 heteroatoms. The highest BCUT2D eigenvalue weighted by atomic mass is 16.6. The van der Waals surface area contributed by atoms with Gasteiger partial charge in [0.2, 0.25) is 0 Å². The Morgan fingerprint density at radius 2 is 2.12 bits per heavy atom. The van der Waals surface area contributed by atoms with E-state index in [1.807, 2.05) is 30.3 Å². The van der Waals surface area contributed by atoms with Crippen LogP contribution in [0.1, 0.15) is 16.8 Å². The van der Waals surface area contributed by atoms with Crippen LogP contribution < -0.4 is 5.32 Å². The second-order valence-electron chi connectivity index (χ2n) is 4.83. The molecule has 1 aromatic heterocycles. The summed E-state index contributed by atoms with van der Waals surface area (Å²) in [6.45, 7) is 1.89. The summed E-state index contributed by atoms with van der Waals surface area (Å²) in [6, 6.07) is 10.8. The average Bonchev–Trinajstić information content (AvgIpc) is 2.57. The summed E-state index contributed by atoms with van der Waals surface area (Å²) >= 11 is 0. The molecule has 122 valence electrons. The molecule has 7 nitrogen and oxygen atoms in total. The van der Waals surface area contributed by atoms with Gasteiger partial charge in [0.1, 0.15) is 18.5 Å². The van der Waals surface area contributed by atoms with Gasteiger partial charge in [0.25, 0.3) is 5.69 Å². The molecule has 2 aromatic rings. The molecule has 0 spiro atoms. The lowest BCUT2D eigenvalue weighted by molar-refractivity contribution is -0.385. The number of carbonyl (C=O) groups is 1. The van der Waals surface area contributed by atoms with E-state index in [1.54, 1.807) is 6.92 Å². The molecular formula is C17H15N3O4. The van der Waals surface area contributed by atoms with Gasteiger partial charge in [0.05, 0.1) is 11.5 Å². The lowest BCUT2D eigenvalue weighted by Gasteiger charge is -2.04. The average molecular weight is 325 g/mol. The number of aromatic nitrogens is 1. The maximum absolute atomic E-state index is 11.5. The standard InChI is InChI=1S/C17H15N3O4/c1-13-10-15(19-11-16(13)20(22)23)8-5-9-18-17(21)24-12-14-6-3-2-4-7-14/h2-4,6-7,10-11H,9,12H2,1H3,(H,18,21). The zero-order valence-corrected chi connectivity index (χ0v) is 13.0. The molecule has 0 aliphatic heterocycles. The number of hydrogen-bond donors (Lipinski definition) is 1. The van der Waals surface area contributed by atoms with Crippen molar-refractivity contribution in [1.29, 1.82) is 0 Å². The number of pyridine rings is 1. The van der Waals surface area contributed by atoms with Gasteiger partial charge in [-0.2, -0.15) is 0 Å². The van der Waals surface area contributed by atoms with Crippen molar-refractivity contribution in [2.24, 2.45) is 0 Å².